The molecule has 3 N–H and O–H groups in total. The van der Waals surface area contributed by atoms with Gasteiger partial charge >= 0.3 is 5.97 Å². The van der Waals surface area contributed by atoms with E-state index in [1.807, 2.05) is 0 Å². The zero-order valence-corrected chi connectivity index (χ0v) is 11.5. The van der Waals surface area contributed by atoms with Crippen LogP contribution in [-0.2, 0) is 4.79 Å². The largest absolute Gasteiger partial charge is 0.478 e. The molecule has 1 aliphatic heterocycles. The zero-order valence-electron chi connectivity index (χ0n) is 10.8. The molecular weight excluding hydrogens is 302 g/mol. The van der Waals surface area contributed by atoms with Crippen LogP contribution in [0.5, 0.6) is 0 Å². The van der Waals surface area contributed by atoms with Gasteiger partial charge in [-0.3, -0.25) is 14.9 Å². The molecule has 9 heteroatoms. The molecule has 112 valence electrons. The minimum Gasteiger partial charge on any atom is -0.478 e. The van der Waals surface area contributed by atoms with Gasteiger partial charge in [0.05, 0.1) is 21.2 Å². The Balaban J connectivity index is 2.59. The summed E-state index contributed by atoms with van der Waals surface area (Å²) < 4.78 is 0. The van der Waals surface area contributed by atoms with E-state index in [-0.39, 0.29) is 16.3 Å². The maximum absolute atomic E-state index is 11.4. The third-order valence-corrected chi connectivity index (χ3v) is 3.65. The number of carboxylic acids is 1. The molecule has 1 saturated heterocycles. The molecule has 21 heavy (non-hydrogen) atoms. The molecule has 0 bridgehead atoms. The van der Waals surface area contributed by atoms with Crippen molar-refractivity contribution >= 4 is 34.9 Å². The molecule has 1 atom stereocenters. The van der Waals surface area contributed by atoms with Crippen molar-refractivity contribution in [3.05, 3.63) is 32.8 Å². The second kappa shape index (κ2) is 5.57. The molecular formula is C12H12ClN3O5. The topological polar surface area (TPSA) is 127 Å². The molecule has 0 aromatic heterocycles. The normalized spacial score (nSPS) is 17.8. The number of nitro groups is 1. The van der Waals surface area contributed by atoms with Gasteiger partial charge in [0.15, 0.2) is 0 Å². The van der Waals surface area contributed by atoms with E-state index < -0.39 is 28.5 Å². The molecule has 2 rings (SSSR count). The van der Waals surface area contributed by atoms with Crippen LogP contribution in [-0.4, -0.2) is 34.5 Å². The molecule has 1 heterocycles. The lowest BCUT2D eigenvalue weighted by molar-refractivity contribution is -0.384. The maximum atomic E-state index is 11.4. The standard InChI is InChI=1S/C12H12ClN3O5/c13-8-5-6(16(20)21)4-7(12(18)19)10(8)15-3-1-2-9(15)11(14)17/h4-5,9H,1-3H2,(H2,14,17)(H,18,19). The highest BCUT2D eigenvalue weighted by Gasteiger charge is 2.34. The second-order valence-corrected chi connectivity index (χ2v) is 5.05. The van der Waals surface area contributed by atoms with Crippen LogP contribution in [0.15, 0.2) is 12.1 Å². The number of carbonyl (C=O) groups is 2. The van der Waals surface area contributed by atoms with Crippen molar-refractivity contribution in [1.82, 2.24) is 0 Å². The van der Waals surface area contributed by atoms with Crippen LogP contribution < -0.4 is 10.6 Å². The fraction of sp³-hybridized carbons (Fsp3) is 0.333. The van der Waals surface area contributed by atoms with E-state index in [4.69, 9.17) is 17.3 Å². The number of hydrogen-bond donors (Lipinski definition) is 2. The number of aromatic carboxylic acids is 1. The molecule has 0 radical (unpaired) electrons. The molecule has 1 unspecified atom stereocenters. The highest BCUT2D eigenvalue weighted by atomic mass is 35.5. The Labute approximate surface area is 124 Å². The summed E-state index contributed by atoms with van der Waals surface area (Å²) >= 11 is 6.01. The summed E-state index contributed by atoms with van der Waals surface area (Å²) in [6, 6.07) is 1.33. The van der Waals surface area contributed by atoms with E-state index in [9.17, 15) is 24.8 Å². The number of anilines is 1. The van der Waals surface area contributed by atoms with E-state index >= 15 is 0 Å². The Kier molecular flexibility index (Phi) is 3.99. The number of non-ortho nitro benzene ring substituents is 1. The molecule has 1 amide bonds. The Morgan fingerprint density at radius 1 is 1.48 bits per heavy atom. The van der Waals surface area contributed by atoms with Gasteiger partial charge in [0.2, 0.25) is 5.91 Å². The van der Waals surface area contributed by atoms with E-state index in [0.717, 1.165) is 12.1 Å². The fourth-order valence-corrected chi connectivity index (χ4v) is 2.80. The third kappa shape index (κ3) is 2.75. The van der Waals surface area contributed by atoms with Gasteiger partial charge in [0.25, 0.3) is 5.69 Å². The first kappa shape index (κ1) is 15.0. The van der Waals surface area contributed by atoms with Crippen LogP contribution in [0.4, 0.5) is 11.4 Å². The number of amides is 1. The van der Waals surface area contributed by atoms with Crippen molar-refractivity contribution in [3.8, 4) is 0 Å². The highest BCUT2D eigenvalue weighted by Crippen LogP contribution is 2.38. The van der Waals surface area contributed by atoms with E-state index in [1.165, 1.54) is 4.90 Å². The summed E-state index contributed by atoms with van der Waals surface area (Å²) in [5, 5.41) is 20.0. The first-order chi connectivity index (χ1) is 9.82. The average Bonchev–Trinajstić information content (AvgIpc) is 2.86. The number of nitrogens with two attached hydrogens (primary N) is 1. The minimum absolute atomic E-state index is 0.0882. The number of hydrogen-bond acceptors (Lipinski definition) is 5. The van der Waals surface area contributed by atoms with Crippen molar-refractivity contribution in [3.63, 3.8) is 0 Å². The first-order valence-electron chi connectivity index (χ1n) is 6.10. The van der Waals surface area contributed by atoms with Crippen LogP contribution in [0.2, 0.25) is 5.02 Å². The maximum Gasteiger partial charge on any atom is 0.338 e. The predicted octanol–water partition coefficient (Wildman–Crippen LogP) is 1.40. The highest BCUT2D eigenvalue weighted by molar-refractivity contribution is 6.34. The number of carbonyl (C=O) groups excluding carboxylic acids is 1. The number of nitrogens with zero attached hydrogens (tertiary/aromatic N) is 2. The minimum atomic E-state index is -1.36. The zero-order chi connectivity index (χ0) is 15.7. The van der Waals surface area contributed by atoms with Gasteiger partial charge in [0, 0.05) is 18.7 Å². The lowest BCUT2D eigenvalue weighted by Gasteiger charge is -2.26. The average molecular weight is 314 g/mol. The summed E-state index contributed by atoms with van der Waals surface area (Å²) in [5.74, 6) is -1.94. The van der Waals surface area contributed by atoms with Crippen molar-refractivity contribution in [1.29, 1.82) is 0 Å². The van der Waals surface area contributed by atoms with E-state index in [0.29, 0.717) is 19.4 Å². The van der Waals surface area contributed by atoms with Crippen LogP contribution in [0.1, 0.15) is 23.2 Å². The van der Waals surface area contributed by atoms with Gasteiger partial charge in [-0.1, -0.05) is 11.6 Å². The third-order valence-electron chi connectivity index (χ3n) is 3.36. The van der Waals surface area contributed by atoms with Gasteiger partial charge in [-0.25, -0.2) is 4.79 Å². The van der Waals surface area contributed by atoms with Crippen molar-refractivity contribution in [2.24, 2.45) is 5.73 Å². The summed E-state index contributed by atoms with van der Waals surface area (Å²) in [7, 11) is 0. The molecule has 0 spiro atoms. The Morgan fingerprint density at radius 3 is 2.67 bits per heavy atom. The van der Waals surface area contributed by atoms with Crippen LogP contribution in [0.3, 0.4) is 0 Å². The molecule has 1 fully saturated rings. The molecule has 8 nitrogen and oxygen atoms in total. The lowest BCUT2D eigenvalue weighted by Crippen LogP contribution is -2.41. The summed E-state index contributed by atoms with van der Waals surface area (Å²) in [6.45, 7) is 0.408. The molecule has 0 saturated carbocycles. The van der Waals surface area contributed by atoms with Crippen molar-refractivity contribution in [2.75, 3.05) is 11.4 Å². The van der Waals surface area contributed by atoms with Gasteiger partial charge in [-0.05, 0) is 12.8 Å². The summed E-state index contributed by atoms with van der Waals surface area (Å²) in [5.41, 5.74) is 4.66. The Morgan fingerprint density at radius 2 is 2.14 bits per heavy atom. The summed E-state index contributed by atoms with van der Waals surface area (Å²) in [6.07, 6.45) is 1.14. The molecule has 1 aromatic rings. The number of rotatable bonds is 4. The molecule has 1 aliphatic rings. The first-order valence-corrected chi connectivity index (χ1v) is 6.48. The van der Waals surface area contributed by atoms with Crippen LogP contribution in [0, 0.1) is 10.1 Å². The number of primary amides is 1. The fourth-order valence-electron chi connectivity index (χ4n) is 2.48. The van der Waals surface area contributed by atoms with Gasteiger partial charge in [0.1, 0.15) is 6.04 Å². The number of carboxylic acid groups (broad SMARTS) is 1. The van der Waals surface area contributed by atoms with Crippen molar-refractivity contribution < 1.29 is 19.6 Å². The van der Waals surface area contributed by atoms with E-state index in [1.54, 1.807) is 0 Å². The van der Waals surface area contributed by atoms with Crippen molar-refractivity contribution in [2.45, 2.75) is 18.9 Å². The van der Waals surface area contributed by atoms with Gasteiger partial charge in [-0.15, -0.1) is 0 Å². The molecule has 1 aromatic carbocycles. The lowest BCUT2D eigenvalue weighted by atomic mass is 10.1. The Bertz CT molecular complexity index is 634. The number of nitro benzene ring substituents is 1. The number of benzene rings is 1. The van der Waals surface area contributed by atoms with Gasteiger partial charge < -0.3 is 15.7 Å². The van der Waals surface area contributed by atoms with Gasteiger partial charge in [-0.2, -0.15) is 0 Å². The number of halogens is 1. The van der Waals surface area contributed by atoms with Crippen LogP contribution in [0.25, 0.3) is 0 Å². The predicted molar refractivity (Wildman–Crippen MR) is 74.6 cm³/mol. The van der Waals surface area contributed by atoms with E-state index in [2.05, 4.69) is 0 Å². The smallest absolute Gasteiger partial charge is 0.338 e. The quantitative estimate of drug-likeness (QED) is 0.639. The summed E-state index contributed by atoms with van der Waals surface area (Å²) in [4.78, 5) is 34.4. The monoisotopic (exact) mass is 313 g/mol. The Hall–Kier alpha value is -2.35. The van der Waals surface area contributed by atoms with Crippen LogP contribution >= 0.6 is 11.6 Å². The molecule has 0 aliphatic carbocycles. The second-order valence-electron chi connectivity index (χ2n) is 4.64. The SMILES string of the molecule is NC(=O)C1CCCN1c1c(Cl)cc([N+](=O)[O-])cc1C(=O)O.